The molecular weight excluding hydrogens is 204 g/mol. The van der Waals surface area contributed by atoms with Gasteiger partial charge in [-0.15, -0.1) is 0 Å². The number of carbonyl (C=O) groups is 3. The molecule has 0 unspecified atom stereocenters. The van der Waals surface area contributed by atoms with Gasteiger partial charge in [0.05, 0.1) is 13.2 Å². The predicted molar refractivity (Wildman–Crippen MR) is 48.8 cm³/mol. The van der Waals surface area contributed by atoms with Gasteiger partial charge in [0.1, 0.15) is 5.60 Å². The lowest BCUT2D eigenvalue weighted by molar-refractivity contribution is -0.147. The van der Waals surface area contributed by atoms with Crippen LogP contribution in [0.25, 0.3) is 0 Å². The Morgan fingerprint density at radius 2 is 1.40 bits per heavy atom. The Morgan fingerprint density at radius 1 is 0.933 bits per heavy atom. The van der Waals surface area contributed by atoms with Gasteiger partial charge >= 0.3 is 0 Å². The van der Waals surface area contributed by atoms with Crippen LogP contribution >= 0.6 is 0 Å². The zero-order valence-corrected chi connectivity index (χ0v) is 8.51. The molecule has 0 atom stereocenters. The molecule has 0 radical (unpaired) electrons. The summed E-state index contributed by atoms with van der Waals surface area (Å²) in [7, 11) is 0. The first kappa shape index (κ1) is 13.4. The summed E-state index contributed by atoms with van der Waals surface area (Å²) in [6, 6.07) is 0. The topological polar surface area (TPSA) is 78.9 Å². The van der Waals surface area contributed by atoms with Gasteiger partial charge in [-0.1, -0.05) is 0 Å². The van der Waals surface area contributed by atoms with E-state index in [1.165, 1.54) is 0 Å². The highest BCUT2D eigenvalue weighted by Crippen LogP contribution is 2.19. The molecule has 0 bridgehead atoms. The second kappa shape index (κ2) is 7.78. The number of rotatable bonds is 10. The second-order valence-electron chi connectivity index (χ2n) is 3.10. The van der Waals surface area contributed by atoms with Crippen LogP contribution < -0.4 is 0 Å². The normalized spacial score (nSPS) is 10.2. The lowest BCUT2D eigenvalue weighted by atomic mass is 9.99. The number of hydrogen-bond donors (Lipinski definition) is 0. The molecule has 0 aliphatic carbocycles. The molecule has 0 heterocycles. The molecule has 86 valence electrons. The zero-order valence-electron chi connectivity index (χ0n) is 8.51. The van der Waals surface area contributed by atoms with Crippen LogP contribution in [0, 0.1) is 0 Å². The van der Waals surface area contributed by atoms with Crippen molar-refractivity contribution in [3.63, 3.8) is 0 Å². The molecular formula is C9H14O6. The van der Waals surface area contributed by atoms with Gasteiger partial charge in [0.15, 0.2) is 0 Å². The van der Waals surface area contributed by atoms with Crippen molar-refractivity contribution in [3.05, 3.63) is 0 Å². The maximum Gasteiger partial charge on any atom is 0.293 e. The van der Waals surface area contributed by atoms with Crippen LogP contribution in [-0.2, 0) is 28.6 Å². The van der Waals surface area contributed by atoms with Gasteiger partial charge in [0.25, 0.3) is 19.4 Å². The van der Waals surface area contributed by atoms with Crippen LogP contribution in [0.1, 0.15) is 19.8 Å². The van der Waals surface area contributed by atoms with E-state index in [0.29, 0.717) is 32.3 Å². The second-order valence-corrected chi connectivity index (χ2v) is 3.10. The Labute approximate surface area is 87.5 Å². The van der Waals surface area contributed by atoms with Crippen molar-refractivity contribution in [2.24, 2.45) is 0 Å². The van der Waals surface area contributed by atoms with E-state index in [0.717, 1.165) is 0 Å². The lowest BCUT2D eigenvalue weighted by Gasteiger charge is -2.26. The van der Waals surface area contributed by atoms with Gasteiger partial charge in [0.2, 0.25) is 0 Å². The first-order chi connectivity index (χ1) is 7.18. The summed E-state index contributed by atoms with van der Waals surface area (Å²) in [6.45, 7) is 2.93. The van der Waals surface area contributed by atoms with E-state index in [1.54, 1.807) is 6.92 Å². The minimum absolute atomic E-state index is 0.148. The molecule has 0 fully saturated rings. The lowest BCUT2D eigenvalue weighted by Crippen LogP contribution is -2.31. The SMILES string of the molecule is CC(CCOC=O)(CCOC=O)OC=O. The first-order valence-electron chi connectivity index (χ1n) is 4.40. The van der Waals surface area contributed by atoms with E-state index < -0.39 is 5.60 Å². The minimum Gasteiger partial charge on any atom is -0.468 e. The molecule has 0 aliphatic rings. The summed E-state index contributed by atoms with van der Waals surface area (Å²) < 4.78 is 13.8. The zero-order chi connectivity index (χ0) is 11.6. The molecule has 0 spiro atoms. The van der Waals surface area contributed by atoms with Crippen LogP contribution in [0.2, 0.25) is 0 Å². The Morgan fingerprint density at radius 3 is 1.73 bits per heavy atom. The van der Waals surface area contributed by atoms with Crippen LogP contribution in [0.3, 0.4) is 0 Å². The summed E-state index contributed by atoms with van der Waals surface area (Å²) >= 11 is 0. The number of hydrogen-bond acceptors (Lipinski definition) is 6. The Kier molecular flexibility index (Phi) is 6.96. The predicted octanol–water partition coefficient (Wildman–Crippen LogP) is 0.0443. The molecule has 0 N–H and O–H groups in total. The summed E-state index contributed by atoms with van der Waals surface area (Å²) in [6.07, 6.45) is 0.708. The Hall–Kier alpha value is -1.59. The highest BCUT2D eigenvalue weighted by atomic mass is 16.6. The smallest absolute Gasteiger partial charge is 0.293 e. The molecule has 6 nitrogen and oxygen atoms in total. The van der Waals surface area contributed by atoms with Crippen molar-refractivity contribution in [1.82, 2.24) is 0 Å². The van der Waals surface area contributed by atoms with E-state index in [9.17, 15) is 14.4 Å². The van der Waals surface area contributed by atoms with Gasteiger partial charge in [-0.25, -0.2) is 0 Å². The van der Waals surface area contributed by atoms with Gasteiger partial charge in [-0.3, -0.25) is 14.4 Å². The third-order valence-electron chi connectivity index (χ3n) is 1.97. The van der Waals surface area contributed by atoms with Crippen LogP contribution in [0.5, 0.6) is 0 Å². The fraction of sp³-hybridized carbons (Fsp3) is 0.667. The average Bonchev–Trinajstić information content (AvgIpc) is 2.19. The molecule has 0 rings (SSSR count). The monoisotopic (exact) mass is 218 g/mol. The highest BCUT2D eigenvalue weighted by Gasteiger charge is 2.25. The Bertz CT molecular complexity index is 189. The summed E-state index contributed by atoms with van der Waals surface area (Å²) in [5, 5.41) is 0. The highest BCUT2D eigenvalue weighted by molar-refractivity contribution is 5.39. The summed E-state index contributed by atoms with van der Waals surface area (Å²) in [5.74, 6) is 0. The molecule has 0 amide bonds. The molecule has 0 aromatic rings. The minimum atomic E-state index is -0.784. The molecule has 15 heavy (non-hydrogen) atoms. The van der Waals surface area contributed by atoms with Gasteiger partial charge in [-0.05, 0) is 6.92 Å². The van der Waals surface area contributed by atoms with Crippen molar-refractivity contribution in [2.75, 3.05) is 13.2 Å². The van der Waals surface area contributed by atoms with Crippen molar-refractivity contribution in [2.45, 2.75) is 25.4 Å². The summed E-state index contributed by atoms with van der Waals surface area (Å²) in [5.41, 5.74) is -0.784. The molecule has 0 aliphatic heterocycles. The van der Waals surface area contributed by atoms with Gasteiger partial charge in [-0.2, -0.15) is 0 Å². The average molecular weight is 218 g/mol. The molecule has 0 saturated heterocycles. The first-order valence-corrected chi connectivity index (χ1v) is 4.40. The van der Waals surface area contributed by atoms with Gasteiger partial charge in [0, 0.05) is 12.8 Å². The van der Waals surface area contributed by atoms with Crippen molar-refractivity contribution in [3.8, 4) is 0 Å². The standard InChI is InChI=1S/C9H14O6/c1-9(15-8-12,2-4-13-6-10)3-5-14-7-11/h6-8H,2-5H2,1H3. The van der Waals surface area contributed by atoms with Gasteiger partial charge < -0.3 is 14.2 Å². The van der Waals surface area contributed by atoms with Crippen LogP contribution in [0.4, 0.5) is 0 Å². The van der Waals surface area contributed by atoms with E-state index >= 15 is 0 Å². The summed E-state index contributed by atoms with van der Waals surface area (Å²) in [4.78, 5) is 30.1. The van der Waals surface area contributed by atoms with E-state index in [-0.39, 0.29) is 13.2 Å². The van der Waals surface area contributed by atoms with E-state index in [2.05, 4.69) is 9.47 Å². The third kappa shape index (κ3) is 6.48. The quantitative estimate of drug-likeness (QED) is 0.293. The largest absolute Gasteiger partial charge is 0.468 e. The van der Waals surface area contributed by atoms with Crippen molar-refractivity contribution >= 4 is 19.4 Å². The molecule has 0 aromatic carbocycles. The van der Waals surface area contributed by atoms with Crippen molar-refractivity contribution < 1.29 is 28.6 Å². The molecule has 6 heteroatoms. The molecule has 0 saturated carbocycles. The third-order valence-corrected chi connectivity index (χ3v) is 1.97. The van der Waals surface area contributed by atoms with Crippen molar-refractivity contribution in [1.29, 1.82) is 0 Å². The fourth-order valence-electron chi connectivity index (χ4n) is 1.00. The number of carbonyl (C=O) groups excluding carboxylic acids is 3. The van der Waals surface area contributed by atoms with Crippen LogP contribution in [-0.4, -0.2) is 38.2 Å². The van der Waals surface area contributed by atoms with E-state index in [1.807, 2.05) is 0 Å². The maximum absolute atomic E-state index is 10.2. The van der Waals surface area contributed by atoms with E-state index in [4.69, 9.17) is 4.74 Å². The van der Waals surface area contributed by atoms with Crippen LogP contribution in [0.15, 0.2) is 0 Å². The molecule has 0 aromatic heterocycles. The fourth-order valence-corrected chi connectivity index (χ4v) is 1.00. The number of ether oxygens (including phenoxy) is 3. The maximum atomic E-state index is 10.2. The Balaban J connectivity index is 3.98.